The maximum absolute atomic E-state index is 3.72. The Labute approximate surface area is 52.5 Å². The van der Waals surface area contributed by atoms with Gasteiger partial charge in [0.25, 0.3) is 0 Å². The SMILES string of the molecule is [Fe+2].c1cnccn1. The van der Waals surface area contributed by atoms with Crippen LogP contribution in [-0.2, 0) is 17.1 Å². The Morgan fingerprint density at radius 3 is 1.14 bits per heavy atom. The zero-order chi connectivity index (χ0) is 4.24. The van der Waals surface area contributed by atoms with Crippen LogP contribution >= 0.6 is 0 Å². The Balaban J connectivity index is 0.000000360. The Hall–Kier alpha value is -0.401. The van der Waals surface area contributed by atoms with Gasteiger partial charge in [-0.2, -0.15) is 0 Å². The molecular formula is C4H4FeN2+2. The van der Waals surface area contributed by atoms with E-state index in [9.17, 15) is 0 Å². The van der Waals surface area contributed by atoms with Crippen molar-refractivity contribution in [2.45, 2.75) is 0 Å². The minimum absolute atomic E-state index is 0. The summed E-state index contributed by atoms with van der Waals surface area (Å²) in [7, 11) is 0. The first-order chi connectivity index (χ1) is 3.00. The summed E-state index contributed by atoms with van der Waals surface area (Å²) >= 11 is 0. The smallest absolute Gasteiger partial charge is 0.262 e. The van der Waals surface area contributed by atoms with Crippen molar-refractivity contribution in [3.63, 3.8) is 0 Å². The Bertz CT molecular complexity index is 81.6. The standard InChI is InChI=1S/C4H4N2.Fe/c1-2-6-4-3-5-1;/h1-4H;/q;+2. The molecule has 0 amide bonds. The predicted octanol–water partition coefficient (Wildman–Crippen LogP) is 0.474. The molecule has 1 heterocycles. The molecule has 0 saturated heterocycles. The second-order valence-electron chi connectivity index (χ2n) is 0.894. The van der Waals surface area contributed by atoms with Crippen LogP contribution in [0.3, 0.4) is 0 Å². The van der Waals surface area contributed by atoms with E-state index in [0.717, 1.165) is 0 Å². The summed E-state index contributed by atoms with van der Waals surface area (Å²) in [5.74, 6) is 0. The molecule has 2 nitrogen and oxygen atoms in total. The van der Waals surface area contributed by atoms with Crippen LogP contribution in [0.15, 0.2) is 24.8 Å². The molecule has 7 heavy (non-hydrogen) atoms. The van der Waals surface area contributed by atoms with E-state index >= 15 is 0 Å². The van der Waals surface area contributed by atoms with Crippen LogP contribution in [0.25, 0.3) is 0 Å². The fourth-order valence-electron chi connectivity index (χ4n) is 0.253. The van der Waals surface area contributed by atoms with Gasteiger partial charge in [-0.3, -0.25) is 9.97 Å². The van der Waals surface area contributed by atoms with Crippen LogP contribution in [0.5, 0.6) is 0 Å². The van der Waals surface area contributed by atoms with E-state index in [-0.39, 0.29) is 17.1 Å². The van der Waals surface area contributed by atoms with E-state index < -0.39 is 0 Å². The van der Waals surface area contributed by atoms with Gasteiger partial charge in [-0.1, -0.05) is 0 Å². The van der Waals surface area contributed by atoms with Crippen molar-refractivity contribution in [2.24, 2.45) is 0 Å². The third-order valence-electron chi connectivity index (χ3n) is 0.478. The van der Waals surface area contributed by atoms with Crippen molar-refractivity contribution >= 4 is 0 Å². The minimum atomic E-state index is 0. The molecule has 0 saturated carbocycles. The summed E-state index contributed by atoms with van der Waals surface area (Å²) < 4.78 is 0. The molecule has 1 aromatic heterocycles. The third-order valence-corrected chi connectivity index (χ3v) is 0.478. The van der Waals surface area contributed by atoms with Crippen molar-refractivity contribution in [2.75, 3.05) is 0 Å². The summed E-state index contributed by atoms with van der Waals surface area (Å²) in [5, 5.41) is 0. The second-order valence-corrected chi connectivity index (χ2v) is 0.894. The molecule has 0 radical (unpaired) electrons. The average molecular weight is 136 g/mol. The molecule has 0 aliphatic rings. The number of rotatable bonds is 0. The number of aromatic nitrogens is 2. The molecule has 3 heteroatoms. The monoisotopic (exact) mass is 136 g/mol. The van der Waals surface area contributed by atoms with Crippen LogP contribution < -0.4 is 0 Å². The maximum atomic E-state index is 3.72. The Morgan fingerprint density at radius 2 is 1.00 bits per heavy atom. The summed E-state index contributed by atoms with van der Waals surface area (Å²) in [6, 6.07) is 0. The van der Waals surface area contributed by atoms with Crippen molar-refractivity contribution < 1.29 is 17.1 Å². The van der Waals surface area contributed by atoms with Crippen LogP contribution in [0.2, 0.25) is 0 Å². The van der Waals surface area contributed by atoms with Crippen LogP contribution in [-0.4, -0.2) is 9.97 Å². The molecule has 0 aromatic carbocycles. The predicted molar refractivity (Wildman–Crippen MR) is 22.0 cm³/mol. The molecule has 0 atom stereocenters. The quantitative estimate of drug-likeness (QED) is 0.484. The molecule has 1 rings (SSSR count). The zero-order valence-electron chi connectivity index (χ0n) is 3.56. The van der Waals surface area contributed by atoms with Gasteiger partial charge < -0.3 is 0 Å². The first kappa shape index (κ1) is 6.60. The van der Waals surface area contributed by atoms with Crippen molar-refractivity contribution in [3.8, 4) is 0 Å². The first-order valence-electron chi connectivity index (χ1n) is 1.70. The van der Waals surface area contributed by atoms with Gasteiger partial charge in [0, 0.05) is 24.8 Å². The van der Waals surface area contributed by atoms with E-state index in [1.807, 2.05) is 0 Å². The minimum Gasteiger partial charge on any atom is -0.262 e. The van der Waals surface area contributed by atoms with Gasteiger partial charge in [-0.15, -0.1) is 0 Å². The van der Waals surface area contributed by atoms with E-state index in [4.69, 9.17) is 0 Å². The summed E-state index contributed by atoms with van der Waals surface area (Å²) in [6.45, 7) is 0. The van der Waals surface area contributed by atoms with E-state index in [1.165, 1.54) is 0 Å². The fourth-order valence-corrected chi connectivity index (χ4v) is 0.253. The fraction of sp³-hybridized carbons (Fsp3) is 0. The molecule has 0 fully saturated rings. The molecule has 0 aliphatic heterocycles. The third kappa shape index (κ3) is 2.31. The first-order valence-corrected chi connectivity index (χ1v) is 1.70. The van der Waals surface area contributed by atoms with Gasteiger partial charge in [0.2, 0.25) is 0 Å². The van der Waals surface area contributed by atoms with Crippen LogP contribution in [0.1, 0.15) is 0 Å². The van der Waals surface area contributed by atoms with Gasteiger partial charge in [-0.25, -0.2) is 0 Å². The van der Waals surface area contributed by atoms with Crippen LogP contribution in [0, 0.1) is 0 Å². The molecule has 36 valence electrons. The maximum Gasteiger partial charge on any atom is 2.00 e. The number of hydrogen-bond donors (Lipinski definition) is 0. The van der Waals surface area contributed by atoms with Gasteiger partial charge in [-0.05, 0) is 0 Å². The molecule has 0 bridgehead atoms. The summed E-state index contributed by atoms with van der Waals surface area (Å²) in [5.41, 5.74) is 0. The van der Waals surface area contributed by atoms with Gasteiger partial charge in [0.1, 0.15) is 0 Å². The Kier molecular flexibility index (Phi) is 3.56. The number of hydrogen-bond acceptors (Lipinski definition) is 2. The molecule has 0 aliphatic carbocycles. The number of nitrogens with zero attached hydrogens (tertiary/aromatic N) is 2. The molecule has 1 aromatic rings. The molecule has 0 unspecified atom stereocenters. The van der Waals surface area contributed by atoms with Crippen molar-refractivity contribution in [1.82, 2.24) is 9.97 Å². The van der Waals surface area contributed by atoms with Crippen molar-refractivity contribution in [1.29, 1.82) is 0 Å². The van der Waals surface area contributed by atoms with E-state index in [0.29, 0.717) is 0 Å². The molecule has 0 spiro atoms. The normalized spacial score (nSPS) is 6.86. The topological polar surface area (TPSA) is 25.8 Å². The van der Waals surface area contributed by atoms with Gasteiger partial charge in [0.15, 0.2) is 0 Å². The van der Waals surface area contributed by atoms with Gasteiger partial charge >= 0.3 is 17.1 Å². The van der Waals surface area contributed by atoms with Crippen molar-refractivity contribution in [3.05, 3.63) is 24.8 Å². The van der Waals surface area contributed by atoms with Gasteiger partial charge in [0.05, 0.1) is 0 Å². The van der Waals surface area contributed by atoms with Crippen LogP contribution in [0.4, 0.5) is 0 Å². The summed E-state index contributed by atoms with van der Waals surface area (Å²) in [4.78, 5) is 7.44. The second kappa shape index (κ2) is 3.78. The molecular weight excluding hydrogens is 132 g/mol. The zero-order valence-corrected chi connectivity index (χ0v) is 4.66. The van der Waals surface area contributed by atoms with E-state index in [1.54, 1.807) is 24.8 Å². The summed E-state index contributed by atoms with van der Waals surface area (Å²) in [6.07, 6.45) is 6.56. The molecule has 0 N–H and O–H groups in total. The average Bonchev–Trinajstić information content (AvgIpc) is 1.72. The largest absolute Gasteiger partial charge is 2.00 e. The Morgan fingerprint density at radius 1 is 0.714 bits per heavy atom. The van der Waals surface area contributed by atoms with E-state index in [2.05, 4.69) is 9.97 Å².